The molecule has 0 aromatic heterocycles. The summed E-state index contributed by atoms with van der Waals surface area (Å²) in [4.78, 5) is 0. The van der Waals surface area contributed by atoms with Gasteiger partial charge in [0.05, 0.1) is 17.7 Å². The molecule has 0 aliphatic heterocycles. The van der Waals surface area contributed by atoms with Crippen molar-refractivity contribution in [1.82, 2.24) is 0 Å². The van der Waals surface area contributed by atoms with E-state index < -0.39 is 11.5 Å². The van der Waals surface area contributed by atoms with Crippen LogP contribution in [0.2, 0.25) is 0 Å². The standard InChI is InChI=1S/C9H17F2NO/c1-7(2,3)13-6-8(12)4-9(10,11)5-8/h4-6,12H2,1-3H3. The second kappa shape index (κ2) is 2.89. The summed E-state index contributed by atoms with van der Waals surface area (Å²) in [5.74, 6) is -2.57. The zero-order valence-electron chi connectivity index (χ0n) is 8.36. The third-order valence-corrected chi connectivity index (χ3v) is 2.01. The van der Waals surface area contributed by atoms with Crippen LogP contribution >= 0.6 is 0 Å². The van der Waals surface area contributed by atoms with E-state index >= 15 is 0 Å². The summed E-state index contributed by atoms with van der Waals surface area (Å²) >= 11 is 0. The number of hydrogen-bond acceptors (Lipinski definition) is 2. The third kappa shape index (κ3) is 3.19. The molecule has 0 spiro atoms. The Kier molecular flexibility index (Phi) is 2.41. The molecule has 13 heavy (non-hydrogen) atoms. The molecule has 0 amide bonds. The molecular formula is C9H17F2NO. The van der Waals surface area contributed by atoms with E-state index in [1.54, 1.807) is 0 Å². The first-order chi connectivity index (χ1) is 5.62. The van der Waals surface area contributed by atoms with E-state index in [9.17, 15) is 8.78 Å². The van der Waals surface area contributed by atoms with Crippen molar-refractivity contribution in [2.45, 2.75) is 50.7 Å². The molecule has 0 bridgehead atoms. The van der Waals surface area contributed by atoms with Crippen LogP contribution in [0, 0.1) is 0 Å². The van der Waals surface area contributed by atoms with E-state index in [1.807, 2.05) is 20.8 Å². The van der Waals surface area contributed by atoms with Crippen molar-refractivity contribution in [3.63, 3.8) is 0 Å². The monoisotopic (exact) mass is 193 g/mol. The highest BCUT2D eigenvalue weighted by Gasteiger charge is 2.54. The van der Waals surface area contributed by atoms with Gasteiger partial charge < -0.3 is 10.5 Å². The molecule has 0 atom stereocenters. The van der Waals surface area contributed by atoms with Crippen molar-refractivity contribution in [1.29, 1.82) is 0 Å². The lowest BCUT2D eigenvalue weighted by molar-refractivity contribution is -0.155. The van der Waals surface area contributed by atoms with Crippen molar-refractivity contribution < 1.29 is 13.5 Å². The molecule has 1 aliphatic rings. The summed E-state index contributed by atoms with van der Waals surface area (Å²) in [6, 6.07) is 0. The number of hydrogen-bond donors (Lipinski definition) is 1. The van der Waals surface area contributed by atoms with Gasteiger partial charge in [-0.3, -0.25) is 0 Å². The lowest BCUT2D eigenvalue weighted by Gasteiger charge is -2.45. The van der Waals surface area contributed by atoms with Gasteiger partial charge in [0, 0.05) is 12.8 Å². The van der Waals surface area contributed by atoms with Gasteiger partial charge in [0.1, 0.15) is 0 Å². The van der Waals surface area contributed by atoms with Crippen LogP contribution in [0.1, 0.15) is 33.6 Å². The van der Waals surface area contributed by atoms with Crippen LogP contribution in [0.3, 0.4) is 0 Å². The summed E-state index contributed by atoms with van der Waals surface area (Å²) in [7, 11) is 0. The highest BCUT2D eigenvalue weighted by atomic mass is 19.3. The SMILES string of the molecule is CC(C)(C)OCC1(N)CC(F)(F)C1. The predicted octanol–water partition coefficient (Wildman–Crippen LogP) is 1.93. The molecule has 1 saturated carbocycles. The Labute approximate surface area is 77.4 Å². The Morgan fingerprint density at radius 2 is 1.77 bits per heavy atom. The van der Waals surface area contributed by atoms with Gasteiger partial charge in [0.25, 0.3) is 5.92 Å². The predicted molar refractivity (Wildman–Crippen MR) is 46.8 cm³/mol. The quantitative estimate of drug-likeness (QED) is 0.727. The van der Waals surface area contributed by atoms with Crippen LogP contribution in [0.25, 0.3) is 0 Å². The normalized spacial score (nSPS) is 25.4. The molecule has 0 saturated heterocycles. The van der Waals surface area contributed by atoms with Crippen LogP contribution in [-0.4, -0.2) is 23.7 Å². The fourth-order valence-electron chi connectivity index (χ4n) is 1.44. The van der Waals surface area contributed by atoms with Gasteiger partial charge in [0.2, 0.25) is 0 Å². The number of halogens is 2. The lowest BCUT2D eigenvalue weighted by atomic mass is 9.75. The van der Waals surface area contributed by atoms with Gasteiger partial charge in [-0.25, -0.2) is 8.78 Å². The molecule has 2 N–H and O–H groups in total. The van der Waals surface area contributed by atoms with Crippen molar-refractivity contribution in [3.8, 4) is 0 Å². The maximum Gasteiger partial charge on any atom is 0.251 e. The van der Waals surface area contributed by atoms with E-state index in [-0.39, 0.29) is 25.0 Å². The fraction of sp³-hybridized carbons (Fsp3) is 1.00. The number of rotatable bonds is 2. The summed E-state index contributed by atoms with van der Waals surface area (Å²) in [5.41, 5.74) is 4.56. The molecule has 4 heteroatoms. The molecule has 78 valence electrons. The first-order valence-corrected chi connectivity index (χ1v) is 4.43. The van der Waals surface area contributed by atoms with Gasteiger partial charge in [-0.05, 0) is 20.8 Å². The summed E-state index contributed by atoms with van der Waals surface area (Å²) in [6.45, 7) is 5.86. The minimum atomic E-state index is -2.57. The van der Waals surface area contributed by atoms with Gasteiger partial charge in [0.15, 0.2) is 0 Å². The average Bonchev–Trinajstić information content (AvgIpc) is 1.77. The third-order valence-electron chi connectivity index (χ3n) is 2.01. The Morgan fingerprint density at radius 3 is 2.08 bits per heavy atom. The molecule has 0 heterocycles. The highest BCUT2D eigenvalue weighted by molar-refractivity contribution is 5.03. The Hall–Kier alpha value is -0.220. The molecule has 0 unspecified atom stereocenters. The number of ether oxygens (including phenoxy) is 1. The molecule has 1 fully saturated rings. The zero-order valence-corrected chi connectivity index (χ0v) is 8.36. The van der Waals surface area contributed by atoms with Gasteiger partial charge >= 0.3 is 0 Å². The Balaban J connectivity index is 2.32. The van der Waals surface area contributed by atoms with E-state index in [0.717, 1.165) is 0 Å². The fourth-order valence-corrected chi connectivity index (χ4v) is 1.44. The Morgan fingerprint density at radius 1 is 1.31 bits per heavy atom. The number of nitrogens with two attached hydrogens (primary N) is 1. The largest absolute Gasteiger partial charge is 0.374 e. The summed E-state index contributed by atoms with van der Waals surface area (Å²) in [5, 5.41) is 0. The molecule has 0 aromatic carbocycles. The second-order valence-corrected chi connectivity index (χ2v) is 4.97. The van der Waals surface area contributed by atoms with Crippen LogP contribution in [0.5, 0.6) is 0 Å². The molecular weight excluding hydrogens is 176 g/mol. The summed E-state index contributed by atoms with van der Waals surface area (Å²) < 4.78 is 30.4. The maximum absolute atomic E-state index is 12.5. The second-order valence-electron chi connectivity index (χ2n) is 4.97. The van der Waals surface area contributed by atoms with Crippen molar-refractivity contribution >= 4 is 0 Å². The van der Waals surface area contributed by atoms with Crippen LogP contribution in [0.4, 0.5) is 8.78 Å². The molecule has 1 rings (SSSR count). The topological polar surface area (TPSA) is 35.2 Å². The zero-order chi connectivity index (χ0) is 10.3. The Bertz CT molecular complexity index is 190. The average molecular weight is 193 g/mol. The molecule has 0 aromatic rings. The van der Waals surface area contributed by atoms with Gasteiger partial charge in [-0.1, -0.05) is 0 Å². The maximum atomic E-state index is 12.5. The van der Waals surface area contributed by atoms with Crippen LogP contribution in [0.15, 0.2) is 0 Å². The lowest BCUT2D eigenvalue weighted by Crippen LogP contribution is -2.61. The minimum Gasteiger partial charge on any atom is -0.374 e. The van der Waals surface area contributed by atoms with Crippen LogP contribution < -0.4 is 5.73 Å². The van der Waals surface area contributed by atoms with Gasteiger partial charge in [-0.2, -0.15) is 0 Å². The number of alkyl halides is 2. The van der Waals surface area contributed by atoms with E-state index in [2.05, 4.69) is 0 Å². The first-order valence-electron chi connectivity index (χ1n) is 4.43. The summed E-state index contributed by atoms with van der Waals surface area (Å²) in [6.07, 6.45) is -0.508. The minimum absolute atomic E-state index is 0.214. The van der Waals surface area contributed by atoms with Crippen molar-refractivity contribution in [2.24, 2.45) is 5.73 Å². The van der Waals surface area contributed by atoms with Crippen LogP contribution in [-0.2, 0) is 4.74 Å². The van der Waals surface area contributed by atoms with Crippen molar-refractivity contribution in [2.75, 3.05) is 6.61 Å². The first kappa shape index (κ1) is 10.9. The molecule has 0 radical (unpaired) electrons. The molecule has 2 nitrogen and oxygen atoms in total. The van der Waals surface area contributed by atoms with E-state index in [1.165, 1.54) is 0 Å². The molecule has 1 aliphatic carbocycles. The highest BCUT2D eigenvalue weighted by Crippen LogP contribution is 2.44. The smallest absolute Gasteiger partial charge is 0.251 e. The van der Waals surface area contributed by atoms with E-state index in [4.69, 9.17) is 10.5 Å². The van der Waals surface area contributed by atoms with Gasteiger partial charge in [-0.15, -0.1) is 0 Å². The van der Waals surface area contributed by atoms with Crippen molar-refractivity contribution in [3.05, 3.63) is 0 Å². The van der Waals surface area contributed by atoms with E-state index in [0.29, 0.717) is 0 Å².